The third-order valence-electron chi connectivity index (χ3n) is 3.78. The van der Waals surface area contributed by atoms with E-state index < -0.39 is 0 Å². The molecular weight excluding hydrogens is 186 g/mol. The Kier molecular flexibility index (Phi) is 3.41. The van der Waals surface area contributed by atoms with Crippen LogP contribution in [0.5, 0.6) is 0 Å². The van der Waals surface area contributed by atoms with Crippen molar-refractivity contribution in [3.05, 3.63) is 18.2 Å². The average molecular weight is 207 g/mol. The number of aromatic amines is 1. The molecule has 1 aliphatic carbocycles. The van der Waals surface area contributed by atoms with Crippen molar-refractivity contribution in [3.63, 3.8) is 0 Å². The molecule has 1 heterocycles. The van der Waals surface area contributed by atoms with Crippen LogP contribution in [0.1, 0.15) is 44.7 Å². The molecule has 1 aliphatic rings. The molecule has 0 aromatic carbocycles. The Balaban J connectivity index is 1.77. The predicted molar refractivity (Wildman–Crippen MR) is 61.5 cm³/mol. The maximum absolute atomic E-state index is 4.01. The Bertz CT molecular complexity index is 273. The minimum atomic E-state index is 0.583. The molecule has 1 fully saturated rings. The summed E-state index contributed by atoms with van der Waals surface area (Å²) in [6, 6.07) is 0. The Morgan fingerprint density at radius 3 is 2.87 bits per heavy atom. The zero-order valence-corrected chi connectivity index (χ0v) is 9.55. The monoisotopic (exact) mass is 207 g/mol. The number of rotatable bonds is 5. The smallest absolute Gasteiger partial charge is 0.0922 e. The molecule has 84 valence electrons. The quantitative estimate of drug-likeness (QED) is 0.778. The molecule has 0 aliphatic heterocycles. The van der Waals surface area contributed by atoms with Gasteiger partial charge in [0.1, 0.15) is 0 Å². The number of nitrogens with zero attached hydrogens (tertiary/aromatic N) is 1. The highest BCUT2D eigenvalue weighted by Crippen LogP contribution is 2.40. The third kappa shape index (κ3) is 2.59. The number of hydrogen-bond donors (Lipinski definition) is 2. The summed E-state index contributed by atoms with van der Waals surface area (Å²) in [7, 11) is 0. The van der Waals surface area contributed by atoms with Crippen LogP contribution in [0.3, 0.4) is 0 Å². The molecule has 15 heavy (non-hydrogen) atoms. The molecule has 0 amide bonds. The van der Waals surface area contributed by atoms with E-state index in [4.69, 9.17) is 0 Å². The van der Waals surface area contributed by atoms with E-state index in [-0.39, 0.29) is 0 Å². The summed E-state index contributed by atoms with van der Waals surface area (Å²) >= 11 is 0. The lowest BCUT2D eigenvalue weighted by molar-refractivity contribution is 0.268. The molecule has 1 saturated carbocycles. The van der Waals surface area contributed by atoms with E-state index in [1.165, 1.54) is 37.8 Å². The molecule has 2 N–H and O–H groups in total. The van der Waals surface area contributed by atoms with Crippen LogP contribution in [-0.2, 0) is 6.54 Å². The largest absolute Gasteiger partial charge is 0.347 e. The van der Waals surface area contributed by atoms with E-state index >= 15 is 0 Å². The van der Waals surface area contributed by atoms with Crippen LogP contribution in [0, 0.1) is 5.41 Å². The SMILES string of the molecule is CCC1(CNCc2cnc[nH]2)CCCC1. The summed E-state index contributed by atoms with van der Waals surface area (Å²) in [4.78, 5) is 7.13. The molecule has 2 rings (SSSR count). The Labute approximate surface area is 91.7 Å². The van der Waals surface area contributed by atoms with Gasteiger partial charge in [-0.25, -0.2) is 4.98 Å². The van der Waals surface area contributed by atoms with Crippen LogP contribution in [0.25, 0.3) is 0 Å². The van der Waals surface area contributed by atoms with Gasteiger partial charge in [0.05, 0.1) is 6.33 Å². The highest BCUT2D eigenvalue weighted by Gasteiger charge is 2.31. The van der Waals surface area contributed by atoms with Crippen molar-refractivity contribution in [2.75, 3.05) is 6.54 Å². The van der Waals surface area contributed by atoms with E-state index in [1.807, 2.05) is 6.20 Å². The van der Waals surface area contributed by atoms with Crippen LogP contribution in [0.15, 0.2) is 12.5 Å². The first-order valence-corrected chi connectivity index (χ1v) is 6.03. The number of nitrogens with one attached hydrogen (secondary N) is 2. The Morgan fingerprint density at radius 2 is 2.27 bits per heavy atom. The van der Waals surface area contributed by atoms with Crippen LogP contribution < -0.4 is 5.32 Å². The molecular formula is C12H21N3. The van der Waals surface area contributed by atoms with Gasteiger partial charge in [-0.2, -0.15) is 0 Å². The second kappa shape index (κ2) is 4.79. The summed E-state index contributed by atoms with van der Waals surface area (Å²) in [6.07, 6.45) is 10.6. The van der Waals surface area contributed by atoms with Crippen molar-refractivity contribution in [1.82, 2.24) is 15.3 Å². The number of imidazole rings is 1. The summed E-state index contributed by atoms with van der Waals surface area (Å²) in [6.45, 7) is 4.40. The maximum Gasteiger partial charge on any atom is 0.0922 e. The van der Waals surface area contributed by atoms with Gasteiger partial charge in [0.2, 0.25) is 0 Å². The van der Waals surface area contributed by atoms with Gasteiger partial charge in [0.15, 0.2) is 0 Å². The second-order valence-corrected chi connectivity index (χ2v) is 4.74. The lowest BCUT2D eigenvalue weighted by atomic mass is 9.83. The number of aromatic nitrogens is 2. The first-order chi connectivity index (χ1) is 7.35. The fourth-order valence-electron chi connectivity index (χ4n) is 2.62. The fourth-order valence-corrected chi connectivity index (χ4v) is 2.62. The molecule has 0 saturated heterocycles. The van der Waals surface area contributed by atoms with Crippen molar-refractivity contribution >= 4 is 0 Å². The minimum Gasteiger partial charge on any atom is -0.347 e. The summed E-state index contributed by atoms with van der Waals surface area (Å²) in [5, 5.41) is 3.55. The van der Waals surface area contributed by atoms with Gasteiger partial charge in [-0.05, 0) is 24.7 Å². The highest BCUT2D eigenvalue weighted by atomic mass is 14.9. The van der Waals surface area contributed by atoms with Gasteiger partial charge >= 0.3 is 0 Å². The average Bonchev–Trinajstić information content (AvgIpc) is 2.89. The van der Waals surface area contributed by atoms with Crippen LogP contribution in [0.2, 0.25) is 0 Å². The van der Waals surface area contributed by atoms with Crippen molar-refractivity contribution in [2.45, 2.75) is 45.6 Å². The molecule has 1 aromatic rings. The molecule has 0 bridgehead atoms. The van der Waals surface area contributed by atoms with Gasteiger partial charge < -0.3 is 10.3 Å². The summed E-state index contributed by atoms with van der Waals surface area (Å²) in [5.41, 5.74) is 1.76. The molecule has 0 radical (unpaired) electrons. The molecule has 3 heteroatoms. The van der Waals surface area contributed by atoms with E-state index in [2.05, 4.69) is 22.2 Å². The fraction of sp³-hybridized carbons (Fsp3) is 0.750. The van der Waals surface area contributed by atoms with Crippen LogP contribution >= 0.6 is 0 Å². The molecule has 0 unspecified atom stereocenters. The Hall–Kier alpha value is -0.830. The van der Waals surface area contributed by atoms with E-state index in [1.54, 1.807) is 6.33 Å². The van der Waals surface area contributed by atoms with Crippen molar-refractivity contribution in [2.24, 2.45) is 5.41 Å². The first kappa shape index (κ1) is 10.7. The van der Waals surface area contributed by atoms with Gasteiger partial charge in [-0.3, -0.25) is 0 Å². The van der Waals surface area contributed by atoms with Crippen molar-refractivity contribution < 1.29 is 0 Å². The van der Waals surface area contributed by atoms with Crippen molar-refractivity contribution in [3.8, 4) is 0 Å². The minimum absolute atomic E-state index is 0.583. The lowest BCUT2D eigenvalue weighted by Crippen LogP contribution is -2.31. The van der Waals surface area contributed by atoms with Gasteiger partial charge in [-0.15, -0.1) is 0 Å². The topological polar surface area (TPSA) is 40.7 Å². The van der Waals surface area contributed by atoms with Gasteiger partial charge in [0, 0.05) is 25.0 Å². The zero-order chi connectivity index (χ0) is 10.6. The molecule has 1 aromatic heterocycles. The standard InChI is InChI=1S/C12H21N3/c1-2-12(5-3-4-6-12)9-13-7-11-8-14-10-15-11/h8,10,13H,2-7,9H2,1H3,(H,14,15). The molecule has 0 atom stereocenters. The van der Waals surface area contributed by atoms with E-state index in [0.29, 0.717) is 5.41 Å². The van der Waals surface area contributed by atoms with Gasteiger partial charge in [0.25, 0.3) is 0 Å². The number of hydrogen-bond acceptors (Lipinski definition) is 2. The first-order valence-electron chi connectivity index (χ1n) is 6.03. The number of H-pyrrole nitrogens is 1. The predicted octanol–water partition coefficient (Wildman–Crippen LogP) is 2.47. The van der Waals surface area contributed by atoms with Crippen molar-refractivity contribution in [1.29, 1.82) is 0 Å². The summed E-state index contributed by atoms with van der Waals surface area (Å²) in [5.74, 6) is 0. The lowest BCUT2D eigenvalue weighted by Gasteiger charge is -2.27. The Morgan fingerprint density at radius 1 is 1.47 bits per heavy atom. The van der Waals surface area contributed by atoms with Crippen LogP contribution in [-0.4, -0.2) is 16.5 Å². The van der Waals surface area contributed by atoms with Crippen LogP contribution in [0.4, 0.5) is 0 Å². The second-order valence-electron chi connectivity index (χ2n) is 4.74. The maximum atomic E-state index is 4.01. The van der Waals surface area contributed by atoms with E-state index in [0.717, 1.165) is 13.1 Å². The zero-order valence-electron chi connectivity index (χ0n) is 9.55. The van der Waals surface area contributed by atoms with E-state index in [9.17, 15) is 0 Å². The normalized spacial score (nSPS) is 19.5. The molecule has 0 spiro atoms. The third-order valence-corrected chi connectivity index (χ3v) is 3.78. The van der Waals surface area contributed by atoms with Gasteiger partial charge in [-0.1, -0.05) is 19.8 Å². The molecule has 3 nitrogen and oxygen atoms in total. The highest BCUT2D eigenvalue weighted by molar-refractivity contribution is 4.94. The summed E-state index contributed by atoms with van der Waals surface area (Å²) < 4.78 is 0.